The summed E-state index contributed by atoms with van der Waals surface area (Å²) in [5, 5.41) is 11.1. The number of carboxylic acid groups (broad SMARTS) is 1. The van der Waals surface area contributed by atoms with Crippen LogP contribution >= 0.6 is 0 Å². The number of unbranched alkanes of at least 4 members (excludes halogenated alkanes) is 26. The Labute approximate surface area is 285 Å². The Balaban J connectivity index is 4.06. The molecule has 0 aromatic heterocycles. The normalized spacial score (nSPS) is 11.9. The van der Waals surface area contributed by atoms with Gasteiger partial charge in [-0.25, -0.2) is 0 Å². The van der Waals surface area contributed by atoms with Crippen molar-refractivity contribution in [2.75, 3.05) is 6.54 Å². The van der Waals surface area contributed by atoms with Gasteiger partial charge in [0.05, 0.1) is 0 Å². The van der Waals surface area contributed by atoms with E-state index < -0.39 is 5.97 Å². The molecule has 0 heterocycles. The maximum Gasteiger partial charge on any atom is 0.322 e. The highest BCUT2D eigenvalue weighted by atomic mass is 16.5. The van der Waals surface area contributed by atoms with E-state index in [9.17, 15) is 14.4 Å². The van der Waals surface area contributed by atoms with Gasteiger partial charge in [-0.05, 0) is 38.5 Å². The van der Waals surface area contributed by atoms with Crippen molar-refractivity contribution in [2.24, 2.45) is 0 Å². The number of carbonyl (C=O) groups is 3. The highest BCUT2D eigenvalue weighted by Gasteiger charge is 2.14. The summed E-state index contributed by atoms with van der Waals surface area (Å²) in [5.74, 6) is -1.21. The Bertz CT molecular complexity index is 683. The molecule has 0 aliphatic heterocycles. The summed E-state index contributed by atoms with van der Waals surface area (Å²) in [7, 11) is 0. The number of hydrogen-bond donors (Lipinski definition) is 2. The van der Waals surface area contributed by atoms with E-state index in [1.807, 2.05) is 0 Å². The highest BCUT2D eigenvalue weighted by molar-refractivity contribution is 5.80. The smallest absolute Gasteiger partial charge is 0.322 e. The largest absolute Gasteiger partial charge is 0.480 e. The molecule has 0 aromatic carbocycles. The van der Waals surface area contributed by atoms with E-state index in [-0.39, 0.29) is 24.5 Å². The molecule has 0 radical (unpaired) electrons. The van der Waals surface area contributed by atoms with Crippen LogP contribution in [-0.2, 0) is 19.1 Å². The number of carboxylic acids is 1. The van der Waals surface area contributed by atoms with Crippen molar-refractivity contribution in [1.82, 2.24) is 5.32 Å². The lowest BCUT2D eigenvalue weighted by atomic mass is 10.0. The summed E-state index contributed by atoms with van der Waals surface area (Å²) < 4.78 is 6.01. The molecule has 46 heavy (non-hydrogen) atoms. The topological polar surface area (TPSA) is 92.7 Å². The average Bonchev–Trinajstić information content (AvgIpc) is 3.04. The zero-order chi connectivity index (χ0) is 33.8. The van der Waals surface area contributed by atoms with E-state index in [0.29, 0.717) is 12.8 Å². The maximum atomic E-state index is 12.7. The third-order valence-corrected chi connectivity index (χ3v) is 9.28. The lowest BCUT2D eigenvalue weighted by molar-refractivity contribution is -0.150. The van der Waals surface area contributed by atoms with E-state index in [1.54, 1.807) is 0 Å². The predicted molar refractivity (Wildman–Crippen MR) is 194 cm³/mol. The van der Waals surface area contributed by atoms with Crippen molar-refractivity contribution in [2.45, 2.75) is 232 Å². The first-order valence-electron chi connectivity index (χ1n) is 20.2. The second-order valence-electron chi connectivity index (χ2n) is 13.9. The number of carbonyl (C=O) groups excluding carboxylic acids is 2. The minimum atomic E-state index is -1.01. The molecule has 0 bridgehead atoms. The van der Waals surface area contributed by atoms with Crippen LogP contribution in [0.15, 0.2) is 0 Å². The van der Waals surface area contributed by atoms with Gasteiger partial charge in [-0.1, -0.05) is 174 Å². The van der Waals surface area contributed by atoms with E-state index in [2.05, 4.69) is 19.2 Å². The maximum absolute atomic E-state index is 12.7. The first-order valence-corrected chi connectivity index (χ1v) is 20.2. The van der Waals surface area contributed by atoms with Gasteiger partial charge in [0.2, 0.25) is 5.91 Å². The van der Waals surface area contributed by atoms with Crippen molar-refractivity contribution < 1.29 is 24.2 Å². The second kappa shape index (κ2) is 36.2. The quantitative estimate of drug-likeness (QED) is 0.0515. The van der Waals surface area contributed by atoms with Crippen LogP contribution in [0.3, 0.4) is 0 Å². The standard InChI is InChI=1S/C40H77NO5/c1-3-5-7-9-11-13-14-15-16-17-18-20-22-27-31-35-40(45)46-37(32-28-24-21-19-12-10-8-6-4-2)33-29-25-23-26-30-34-38(42)41-36-39(43)44/h37H,3-36H2,1-2H3,(H,41,42)(H,43,44). The Hall–Kier alpha value is -1.59. The summed E-state index contributed by atoms with van der Waals surface area (Å²) in [4.78, 5) is 34.9. The van der Waals surface area contributed by atoms with Crippen LogP contribution in [0.2, 0.25) is 0 Å². The summed E-state index contributed by atoms with van der Waals surface area (Å²) in [6.45, 7) is 4.23. The van der Waals surface area contributed by atoms with E-state index in [0.717, 1.165) is 64.2 Å². The SMILES string of the molecule is CCCCCCCCCCCCCCCCCC(=O)OC(CCCCCCCCCCC)CCCCCCCC(=O)NCC(=O)O. The van der Waals surface area contributed by atoms with Gasteiger partial charge in [-0.15, -0.1) is 0 Å². The van der Waals surface area contributed by atoms with E-state index >= 15 is 0 Å². The molecular weight excluding hydrogens is 574 g/mol. The lowest BCUT2D eigenvalue weighted by Crippen LogP contribution is -2.28. The monoisotopic (exact) mass is 652 g/mol. The second-order valence-corrected chi connectivity index (χ2v) is 13.9. The predicted octanol–water partition coefficient (Wildman–Crippen LogP) is 12.0. The van der Waals surface area contributed by atoms with Crippen molar-refractivity contribution in [3.05, 3.63) is 0 Å². The summed E-state index contributed by atoms with van der Waals surface area (Å²) >= 11 is 0. The fourth-order valence-electron chi connectivity index (χ4n) is 6.28. The first-order chi connectivity index (χ1) is 22.5. The van der Waals surface area contributed by atoms with Gasteiger partial charge in [0.25, 0.3) is 0 Å². The van der Waals surface area contributed by atoms with Crippen molar-refractivity contribution >= 4 is 17.8 Å². The van der Waals surface area contributed by atoms with Crippen LogP contribution in [0.1, 0.15) is 226 Å². The molecule has 272 valence electrons. The number of esters is 1. The lowest BCUT2D eigenvalue weighted by Gasteiger charge is -2.18. The number of amides is 1. The zero-order valence-corrected chi connectivity index (χ0v) is 30.7. The molecule has 0 saturated carbocycles. The van der Waals surface area contributed by atoms with Crippen LogP contribution in [0.25, 0.3) is 0 Å². The number of aliphatic carboxylic acids is 1. The first kappa shape index (κ1) is 44.4. The van der Waals surface area contributed by atoms with Crippen molar-refractivity contribution in [3.63, 3.8) is 0 Å². The third kappa shape index (κ3) is 35.3. The van der Waals surface area contributed by atoms with Crippen LogP contribution in [0, 0.1) is 0 Å². The van der Waals surface area contributed by atoms with Crippen molar-refractivity contribution in [1.29, 1.82) is 0 Å². The Morgan fingerprint density at radius 2 is 0.804 bits per heavy atom. The van der Waals surface area contributed by atoms with Gasteiger partial charge in [0, 0.05) is 12.8 Å². The molecule has 0 rings (SSSR count). The van der Waals surface area contributed by atoms with E-state index in [4.69, 9.17) is 9.84 Å². The minimum Gasteiger partial charge on any atom is -0.480 e. The average molecular weight is 652 g/mol. The fourth-order valence-corrected chi connectivity index (χ4v) is 6.28. The molecule has 6 heteroatoms. The van der Waals surface area contributed by atoms with Gasteiger partial charge in [0.15, 0.2) is 0 Å². The number of nitrogens with one attached hydrogen (secondary N) is 1. The Morgan fingerprint density at radius 3 is 1.17 bits per heavy atom. The molecule has 0 aliphatic carbocycles. The van der Waals surface area contributed by atoms with Gasteiger partial charge in [-0.2, -0.15) is 0 Å². The van der Waals surface area contributed by atoms with E-state index in [1.165, 1.54) is 135 Å². The third-order valence-electron chi connectivity index (χ3n) is 9.28. The number of rotatable bonds is 37. The molecule has 2 N–H and O–H groups in total. The number of hydrogen-bond acceptors (Lipinski definition) is 4. The molecule has 0 aliphatic rings. The molecule has 1 atom stereocenters. The molecular formula is C40H77NO5. The molecule has 0 saturated heterocycles. The van der Waals surface area contributed by atoms with Gasteiger partial charge >= 0.3 is 11.9 Å². The van der Waals surface area contributed by atoms with Gasteiger partial charge in [0.1, 0.15) is 12.6 Å². The van der Waals surface area contributed by atoms with Crippen LogP contribution in [0.5, 0.6) is 0 Å². The Kier molecular flexibility index (Phi) is 35.0. The van der Waals surface area contributed by atoms with Crippen LogP contribution in [0.4, 0.5) is 0 Å². The van der Waals surface area contributed by atoms with Crippen molar-refractivity contribution in [3.8, 4) is 0 Å². The van der Waals surface area contributed by atoms with Crippen LogP contribution in [-0.4, -0.2) is 35.6 Å². The molecule has 6 nitrogen and oxygen atoms in total. The molecule has 1 amide bonds. The summed E-state index contributed by atoms with van der Waals surface area (Å²) in [5.41, 5.74) is 0. The van der Waals surface area contributed by atoms with Gasteiger partial charge < -0.3 is 15.2 Å². The molecule has 0 aromatic rings. The highest BCUT2D eigenvalue weighted by Crippen LogP contribution is 2.19. The fraction of sp³-hybridized carbons (Fsp3) is 0.925. The Morgan fingerprint density at radius 1 is 0.478 bits per heavy atom. The molecule has 0 spiro atoms. The zero-order valence-electron chi connectivity index (χ0n) is 30.7. The number of ether oxygens (including phenoxy) is 1. The summed E-state index contributed by atoms with van der Waals surface area (Å²) in [6.07, 6.45) is 39.4. The summed E-state index contributed by atoms with van der Waals surface area (Å²) in [6, 6.07) is 0. The minimum absolute atomic E-state index is 0.0111. The van der Waals surface area contributed by atoms with Gasteiger partial charge in [-0.3, -0.25) is 14.4 Å². The molecule has 1 unspecified atom stereocenters. The van der Waals surface area contributed by atoms with Crippen LogP contribution < -0.4 is 5.32 Å². The molecule has 0 fully saturated rings.